The van der Waals surface area contributed by atoms with Crippen LogP contribution in [0.4, 0.5) is 20.6 Å². The number of urea groups is 1. The van der Waals surface area contributed by atoms with E-state index in [1.165, 1.54) is 21.6 Å². The van der Waals surface area contributed by atoms with Gasteiger partial charge in [0.2, 0.25) is 0 Å². The number of fused-ring (bicyclic) bond motifs is 1. The van der Waals surface area contributed by atoms with Gasteiger partial charge in [-0.25, -0.2) is 9.18 Å². The van der Waals surface area contributed by atoms with Crippen molar-refractivity contribution in [1.29, 1.82) is 5.26 Å². The zero-order chi connectivity index (χ0) is 28.5. The maximum Gasteiger partial charge on any atom is 0.319 e. The summed E-state index contributed by atoms with van der Waals surface area (Å²) in [5.74, 6) is -1.23. The van der Waals surface area contributed by atoms with E-state index in [-0.39, 0.29) is 17.8 Å². The summed E-state index contributed by atoms with van der Waals surface area (Å²) in [5, 5.41) is 25.0. The lowest BCUT2D eigenvalue weighted by Crippen LogP contribution is -2.39. The summed E-state index contributed by atoms with van der Waals surface area (Å²) >= 11 is 0. The zero-order valence-corrected chi connectivity index (χ0v) is 22.3. The van der Waals surface area contributed by atoms with Crippen molar-refractivity contribution in [2.45, 2.75) is 39.2 Å². The normalized spacial score (nSPS) is 13.1. The summed E-state index contributed by atoms with van der Waals surface area (Å²) in [4.78, 5) is 39.7. The standard InChI is InChI=1S/C29H30FN5O4/c1-5-32-28(39)33-23-12-18(14-34(4)26(23)37)20-7-6-8-24(21(20)15-36)35-10-9-17-11-19(29(2,3)16-31)13-22(30)25(17)27(35)38/h6-8,11-14,36H,5,9-10,15H2,1-4H3,(H2,32,33,39). The maximum absolute atomic E-state index is 15.3. The lowest BCUT2D eigenvalue weighted by Gasteiger charge is -2.32. The molecule has 39 heavy (non-hydrogen) atoms. The van der Waals surface area contributed by atoms with Gasteiger partial charge in [-0.2, -0.15) is 5.26 Å². The number of hydrogen-bond donors (Lipinski definition) is 3. The second kappa shape index (κ2) is 10.7. The third-order valence-electron chi connectivity index (χ3n) is 6.92. The number of amides is 3. The molecule has 0 unspecified atom stereocenters. The number of nitriles is 1. The van der Waals surface area contributed by atoms with Crippen molar-refractivity contribution < 1.29 is 19.1 Å². The Kier molecular flexibility index (Phi) is 7.56. The van der Waals surface area contributed by atoms with Crippen LogP contribution in [0.5, 0.6) is 0 Å². The van der Waals surface area contributed by atoms with Gasteiger partial charge < -0.3 is 25.2 Å². The molecule has 2 heterocycles. The van der Waals surface area contributed by atoms with Crippen molar-refractivity contribution in [3.63, 3.8) is 0 Å². The van der Waals surface area contributed by atoms with Crippen molar-refractivity contribution in [3.8, 4) is 17.2 Å². The minimum absolute atomic E-state index is 0.0522. The van der Waals surface area contributed by atoms with E-state index in [2.05, 4.69) is 16.7 Å². The van der Waals surface area contributed by atoms with E-state index in [9.17, 15) is 24.8 Å². The van der Waals surface area contributed by atoms with Crippen LogP contribution in [-0.2, 0) is 25.5 Å². The predicted molar refractivity (Wildman–Crippen MR) is 146 cm³/mol. The SMILES string of the molecule is CCNC(=O)Nc1cc(-c2cccc(N3CCc4cc(C(C)(C)C#N)cc(F)c4C3=O)c2CO)cn(C)c1=O. The van der Waals surface area contributed by atoms with Gasteiger partial charge in [-0.1, -0.05) is 18.2 Å². The van der Waals surface area contributed by atoms with Crippen LogP contribution in [0.1, 0.15) is 47.8 Å². The van der Waals surface area contributed by atoms with Crippen LogP contribution in [0.15, 0.2) is 47.4 Å². The van der Waals surface area contributed by atoms with E-state index in [4.69, 9.17) is 0 Å². The number of aliphatic hydroxyl groups is 1. The van der Waals surface area contributed by atoms with Crippen LogP contribution in [0, 0.1) is 17.1 Å². The number of rotatable bonds is 6. The van der Waals surface area contributed by atoms with Crippen LogP contribution in [-0.4, -0.2) is 34.7 Å². The van der Waals surface area contributed by atoms with Gasteiger partial charge >= 0.3 is 6.03 Å². The highest BCUT2D eigenvalue weighted by molar-refractivity contribution is 6.09. The van der Waals surface area contributed by atoms with Gasteiger partial charge in [-0.15, -0.1) is 0 Å². The Labute approximate surface area is 225 Å². The molecule has 0 bridgehead atoms. The molecule has 1 aromatic heterocycles. The van der Waals surface area contributed by atoms with Gasteiger partial charge in [0.15, 0.2) is 0 Å². The number of aliphatic hydroxyl groups excluding tert-OH is 1. The average Bonchev–Trinajstić information content (AvgIpc) is 2.90. The topological polar surface area (TPSA) is 127 Å². The molecule has 0 fully saturated rings. The van der Waals surface area contributed by atoms with Crippen molar-refractivity contribution in [1.82, 2.24) is 9.88 Å². The molecule has 0 saturated carbocycles. The molecule has 10 heteroatoms. The summed E-state index contributed by atoms with van der Waals surface area (Å²) in [7, 11) is 1.55. The van der Waals surface area contributed by atoms with Crippen LogP contribution < -0.4 is 21.1 Å². The Hall–Kier alpha value is -4.49. The smallest absolute Gasteiger partial charge is 0.319 e. The number of nitrogens with one attached hydrogen (secondary N) is 2. The molecule has 3 N–H and O–H groups in total. The molecule has 4 rings (SSSR count). The Balaban J connectivity index is 1.77. The molecule has 202 valence electrons. The van der Waals surface area contributed by atoms with Gasteiger partial charge in [-0.3, -0.25) is 9.59 Å². The van der Waals surface area contributed by atoms with Gasteiger partial charge in [0.25, 0.3) is 11.5 Å². The maximum atomic E-state index is 15.3. The lowest BCUT2D eigenvalue weighted by atomic mass is 9.83. The van der Waals surface area contributed by atoms with E-state index in [1.807, 2.05) is 0 Å². The molecular weight excluding hydrogens is 501 g/mol. The molecule has 3 aromatic rings. The molecule has 0 atom stereocenters. The molecule has 0 spiro atoms. The van der Waals surface area contributed by atoms with Crippen LogP contribution in [0.25, 0.3) is 11.1 Å². The Bertz CT molecular complexity index is 1570. The van der Waals surface area contributed by atoms with Gasteiger partial charge in [0.1, 0.15) is 11.5 Å². The molecular formula is C29H30FN5O4. The van der Waals surface area contributed by atoms with Crippen LogP contribution in [0.2, 0.25) is 0 Å². The average molecular weight is 532 g/mol. The molecule has 2 aromatic carbocycles. The number of aromatic nitrogens is 1. The van der Waals surface area contributed by atoms with E-state index < -0.39 is 35.3 Å². The highest BCUT2D eigenvalue weighted by Crippen LogP contribution is 2.36. The Morgan fingerprint density at radius 1 is 1.23 bits per heavy atom. The number of hydrogen-bond acceptors (Lipinski definition) is 5. The van der Waals surface area contributed by atoms with E-state index in [1.54, 1.807) is 58.3 Å². The van der Waals surface area contributed by atoms with Gasteiger partial charge in [-0.05, 0) is 62.1 Å². The van der Waals surface area contributed by atoms with Crippen LogP contribution in [0.3, 0.4) is 0 Å². The number of carbonyl (C=O) groups is 2. The lowest BCUT2D eigenvalue weighted by molar-refractivity contribution is 0.0976. The molecule has 1 aliphatic heterocycles. The number of aryl methyl sites for hydroxylation is 1. The number of pyridine rings is 1. The minimum atomic E-state index is -0.908. The molecule has 9 nitrogen and oxygen atoms in total. The molecule has 0 saturated heterocycles. The van der Waals surface area contributed by atoms with Gasteiger partial charge in [0, 0.05) is 37.5 Å². The van der Waals surface area contributed by atoms with E-state index >= 15 is 4.39 Å². The summed E-state index contributed by atoms with van der Waals surface area (Å²) < 4.78 is 16.6. The second-order valence-electron chi connectivity index (χ2n) is 9.94. The van der Waals surface area contributed by atoms with E-state index in [0.29, 0.717) is 46.5 Å². The fraction of sp³-hybridized carbons (Fsp3) is 0.310. The van der Waals surface area contributed by atoms with Crippen molar-refractivity contribution in [3.05, 3.63) is 81.0 Å². The largest absolute Gasteiger partial charge is 0.392 e. The number of carbonyl (C=O) groups excluding carboxylic acids is 2. The van der Waals surface area contributed by atoms with Crippen molar-refractivity contribution in [2.75, 3.05) is 23.3 Å². The fourth-order valence-electron chi connectivity index (χ4n) is 4.76. The zero-order valence-electron chi connectivity index (χ0n) is 22.3. The highest BCUT2D eigenvalue weighted by Gasteiger charge is 2.33. The Morgan fingerprint density at radius 2 is 1.97 bits per heavy atom. The first-order valence-corrected chi connectivity index (χ1v) is 12.6. The molecule has 0 aliphatic carbocycles. The molecule has 0 radical (unpaired) electrons. The number of nitrogens with zero attached hydrogens (tertiary/aromatic N) is 3. The summed E-state index contributed by atoms with van der Waals surface area (Å²) in [6.45, 7) is 5.34. The number of benzene rings is 2. The highest BCUT2D eigenvalue weighted by atomic mass is 19.1. The molecule has 3 amide bonds. The fourth-order valence-corrected chi connectivity index (χ4v) is 4.76. The van der Waals surface area contributed by atoms with Crippen molar-refractivity contribution >= 4 is 23.3 Å². The summed E-state index contributed by atoms with van der Waals surface area (Å²) in [5.41, 5.74) is 1.64. The molecule has 1 aliphatic rings. The quantitative estimate of drug-likeness (QED) is 0.446. The second-order valence-corrected chi connectivity index (χ2v) is 9.94. The summed E-state index contributed by atoms with van der Waals surface area (Å²) in [6.07, 6.45) is 1.94. The van der Waals surface area contributed by atoms with E-state index in [0.717, 1.165) is 0 Å². The number of halogens is 1. The summed E-state index contributed by atoms with van der Waals surface area (Å²) in [6, 6.07) is 11.2. The monoisotopic (exact) mass is 531 g/mol. The first-order chi connectivity index (χ1) is 18.5. The Morgan fingerprint density at radius 3 is 2.64 bits per heavy atom. The number of anilines is 2. The predicted octanol–water partition coefficient (Wildman–Crippen LogP) is 3.83. The third-order valence-corrected chi connectivity index (χ3v) is 6.92. The van der Waals surface area contributed by atoms with Crippen molar-refractivity contribution in [2.24, 2.45) is 7.05 Å². The first-order valence-electron chi connectivity index (χ1n) is 12.6. The first kappa shape index (κ1) is 27.5. The minimum Gasteiger partial charge on any atom is -0.392 e. The van der Waals surface area contributed by atoms with Crippen LogP contribution >= 0.6 is 0 Å². The van der Waals surface area contributed by atoms with Gasteiger partial charge in [0.05, 0.1) is 29.3 Å². The third kappa shape index (κ3) is 5.13.